The summed E-state index contributed by atoms with van der Waals surface area (Å²) in [5.74, 6) is 0.383. The molecule has 5 heteroatoms. The first kappa shape index (κ1) is 18.2. The van der Waals surface area contributed by atoms with Crippen molar-refractivity contribution in [3.05, 3.63) is 78.1 Å². The van der Waals surface area contributed by atoms with E-state index in [1.807, 2.05) is 47.4 Å². The van der Waals surface area contributed by atoms with E-state index in [0.29, 0.717) is 36.7 Å². The van der Waals surface area contributed by atoms with Crippen LogP contribution in [0.2, 0.25) is 0 Å². The average Bonchev–Trinajstić information content (AvgIpc) is 2.77. The number of fused-ring (bicyclic) bond motifs is 1. The van der Waals surface area contributed by atoms with Gasteiger partial charge in [-0.25, -0.2) is 0 Å². The first-order valence-corrected chi connectivity index (χ1v) is 9.67. The van der Waals surface area contributed by atoms with Crippen molar-refractivity contribution >= 4 is 22.6 Å². The highest BCUT2D eigenvalue weighted by Crippen LogP contribution is 2.19. The Kier molecular flexibility index (Phi) is 5.33. The summed E-state index contributed by atoms with van der Waals surface area (Å²) in [5.41, 5.74) is 1.31. The maximum atomic E-state index is 12.5. The van der Waals surface area contributed by atoms with E-state index >= 15 is 0 Å². The van der Waals surface area contributed by atoms with Crippen LogP contribution < -0.4 is 5.32 Å². The van der Waals surface area contributed by atoms with E-state index in [4.69, 9.17) is 0 Å². The number of rotatable bonds is 4. The van der Waals surface area contributed by atoms with Gasteiger partial charge < -0.3 is 10.2 Å². The minimum absolute atomic E-state index is 0.0340. The van der Waals surface area contributed by atoms with Crippen LogP contribution in [0.15, 0.2) is 67.0 Å². The van der Waals surface area contributed by atoms with Crippen LogP contribution in [0.4, 0.5) is 0 Å². The molecule has 0 aliphatic carbocycles. The third-order valence-electron chi connectivity index (χ3n) is 5.37. The Hall–Kier alpha value is -3.21. The lowest BCUT2D eigenvalue weighted by Gasteiger charge is -2.32. The van der Waals surface area contributed by atoms with Crippen molar-refractivity contribution in [2.24, 2.45) is 5.92 Å². The molecule has 1 aliphatic heterocycles. The summed E-state index contributed by atoms with van der Waals surface area (Å²) in [7, 11) is 0. The second kappa shape index (κ2) is 8.21. The van der Waals surface area contributed by atoms with Gasteiger partial charge in [-0.2, -0.15) is 0 Å². The van der Waals surface area contributed by atoms with Gasteiger partial charge in [-0.15, -0.1) is 0 Å². The Labute approximate surface area is 164 Å². The fraction of sp³-hybridized carbons (Fsp3) is 0.261. The zero-order chi connectivity index (χ0) is 19.3. The lowest BCUT2D eigenvalue weighted by atomic mass is 9.96. The highest BCUT2D eigenvalue weighted by atomic mass is 16.2. The number of pyridine rings is 1. The molecule has 28 heavy (non-hydrogen) atoms. The highest BCUT2D eigenvalue weighted by molar-refractivity contribution is 5.98. The Morgan fingerprint density at radius 2 is 1.75 bits per heavy atom. The smallest absolute Gasteiger partial charge is 0.255 e. The Morgan fingerprint density at radius 3 is 2.50 bits per heavy atom. The number of amides is 2. The fourth-order valence-corrected chi connectivity index (χ4v) is 3.68. The first-order valence-electron chi connectivity index (χ1n) is 9.67. The molecule has 1 fully saturated rings. The minimum Gasteiger partial charge on any atom is -0.352 e. The van der Waals surface area contributed by atoms with E-state index in [-0.39, 0.29) is 11.8 Å². The summed E-state index contributed by atoms with van der Waals surface area (Å²) in [5, 5.41) is 5.25. The molecule has 0 saturated carbocycles. The molecular weight excluding hydrogens is 350 g/mol. The van der Waals surface area contributed by atoms with Crippen LogP contribution in [-0.2, 0) is 0 Å². The number of aromatic nitrogens is 1. The first-order chi connectivity index (χ1) is 13.7. The maximum Gasteiger partial charge on any atom is 0.255 e. The van der Waals surface area contributed by atoms with Crippen molar-refractivity contribution < 1.29 is 9.59 Å². The van der Waals surface area contributed by atoms with Gasteiger partial charge in [-0.1, -0.05) is 30.3 Å². The molecule has 0 bridgehead atoms. The summed E-state index contributed by atoms with van der Waals surface area (Å²) in [4.78, 5) is 30.9. The zero-order valence-electron chi connectivity index (χ0n) is 15.7. The van der Waals surface area contributed by atoms with Gasteiger partial charge in [-0.05, 0) is 53.8 Å². The number of hydrogen-bond acceptors (Lipinski definition) is 3. The molecule has 0 unspecified atom stereocenters. The van der Waals surface area contributed by atoms with Gasteiger partial charge in [-0.3, -0.25) is 14.6 Å². The maximum absolute atomic E-state index is 12.5. The summed E-state index contributed by atoms with van der Waals surface area (Å²) >= 11 is 0. The molecule has 0 spiro atoms. The van der Waals surface area contributed by atoms with Gasteiger partial charge in [0.1, 0.15) is 0 Å². The minimum atomic E-state index is -0.0420. The Balaban J connectivity index is 1.29. The number of carbonyl (C=O) groups is 2. The van der Waals surface area contributed by atoms with E-state index in [9.17, 15) is 9.59 Å². The van der Waals surface area contributed by atoms with E-state index in [2.05, 4.69) is 10.3 Å². The molecule has 1 aliphatic rings. The molecule has 2 amide bonds. The van der Waals surface area contributed by atoms with Crippen molar-refractivity contribution in [3.8, 4) is 0 Å². The molecule has 2 aromatic carbocycles. The molecule has 0 radical (unpaired) electrons. The van der Waals surface area contributed by atoms with E-state index in [1.54, 1.807) is 24.5 Å². The molecule has 142 valence electrons. The lowest BCUT2D eigenvalue weighted by Crippen LogP contribution is -2.41. The summed E-state index contributed by atoms with van der Waals surface area (Å²) in [6, 6.07) is 17.4. The molecule has 3 aromatic rings. The molecular formula is C23H23N3O2. The third-order valence-corrected chi connectivity index (χ3v) is 5.37. The van der Waals surface area contributed by atoms with Crippen LogP contribution in [-0.4, -0.2) is 41.3 Å². The number of hydrogen-bond donors (Lipinski definition) is 1. The van der Waals surface area contributed by atoms with E-state index in [0.717, 1.165) is 23.6 Å². The van der Waals surface area contributed by atoms with E-state index < -0.39 is 0 Å². The van der Waals surface area contributed by atoms with Gasteiger partial charge in [0, 0.05) is 37.6 Å². The van der Waals surface area contributed by atoms with Crippen molar-refractivity contribution in [3.63, 3.8) is 0 Å². The van der Waals surface area contributed by atoms with Crippen molar-refractivity contribution in [2.45, 2.75) is 12.8 Å². The van der Waals surface area contributed by atoms with Crippen molar-refractivity contribution in [1.29, 1.82) is 0 Å². The van der Waals surface area contributed by atoms with Gasteiger partial charge >= 0.3 is 0 Å². The Bertz CT molecular complexity index is 979. The molecule has 1 aromatic heterocycles. The number of carbonyl (C=O) groups excluding carboxylic acids is 2. The van der Waals surface area contributed by atoms with Crippen molar-refractivity contribution in [1.82, 2.24) is 15.2 Å². The zero-order valence-corrected chi connectivity index (χ0v) is 15.7. The molecule has 2 heterocycles. The SMILES string of the molecule is O=C(NCC1CCN(C(=O)c2cccnc2)CC1)c1ccc2ccccc2c1. The molecule has 1 saturated heterocycles. The number of piperidine rings is 1. The molecule has 0 atom stereocenters. The highest BCUT2D eigenvalue weighted by Gasteiger charge is 2.24. The number of benzene rings is 2. The number of likely N-dealkylation sites (tertiary alicyclic amines) is 1. The standard InChI is InChI=1S/C23H23N3O2/c27-22(20-8-7-18-4-1-2-5-19(18)14-20)25-15-17-9-12-26(13-10-17)23(28)21-6-3-11-24-16-21/h1-8,11,14,16-17H,9-10,12-13,15H2,(H,25,27). The van der Waals surface area contributed by atoms with Crippen LogP contribution >= 0.6 is 0 Å². The normalized spacial score (nSPS) is 14.8. The third kappa shape index (κ3) is 4.03. The predicted molar refractivity (Wildman–Crippen MR) is 109 cm³/mol. The molecule has 1 N–H and O–H groups in total. The van der Waals surface area contributed by atoms with Gasteiger partial charge in [0.05, 0.1) is 5.56 Å². The van der Waals surface area contributed by atoms with Crippen LogP contribution in [0.3, 0.4) is 0 Å². The fourth-order valence-electron chi connectivity index (χ4n) is 3.68. The largest absolute Gasteiger partial charge is 0.352 e. The summed E-state index contributed by atoms with van der Waals surface area (Å²) in [6.45, 7) is 2.06. The quantitative estimate of drug-likeness (QED) is 0.761. The number of nitrogens with zero attached hydrogens (tertiary/aromatic N) is 2. The van der Waals surface area contributed by atoms with Crippen LogP contribution in [0.5, 0.6) is 0 Å². The van der Waals surface area contributed by atoms with Gasteiger partial charge in [0.25, 0.3) is 11.8 Å². The number of nitrogens with one attached hydrogen (secondary N) is 1. The molecule has 4 rings (SSSR count). The Morgan fingerprint density at radius 1 is 0.964 bits per heavy atom. The van der Waals surface area contributed by atoms with Crippen molar-refractivity contribution in [2.75, 3.05) is 19.6 Å². The van der Waals surface area contributed by atoms with Gasteiger partial charge in [0.2, 0.25) is 0 Å². The van der Waals surface area contributed by atoms with E-state index in [1.165, 1.54) is 0 Å². The molecule has 5 nitrogen and oxygen atoms in total. The van der Waals surface area contributed by atoms with Crippen LogP contribution in [0.25, 0.3) is 10.8 Å². The van der Waals surface area contributed by atoms with Gasteiger partial charge in [0.15, 0.2) is 0 Å². The second-order valence-electron chi connectivity index (χ2n) is 7.25. The average molecular weight is 373 g/mol. The second-order valence-corrected chi connectivity index (χ2v) is 7.25. The summed E-state index contributed by atoms with van der Waals surface area (Å²) in [6.07, 6.45) is 5.06. The monoisotopic (exact) mass is 373 g/mol. The van der Waals surface area contributed by atoms with Crippen LogP contribution in [0, 0.1) is 5.92 Å². The topological polar surface area (TPSA) is 62.3 Å². The summed E-state index contributed by atoms with van der Waals surface area (Å²) < 4.78 is 0. The predicted octanol–water partition coefficient (Wildman–Crippen LogP) is 3.52. The van der Waals surface area contributed by atoms with Crippen LogP contribution in [0.1, 0.15) is 33.6 Å². The lowest BCUT2D eigenvalue weighted by molar-refractivity contribution is 0.0684.